The lowest BCUT2D eigenvalue weighted by atomic mass is 9.86. The number of pyridine rings is 1. The molecule has 1 heterocycles. The summed E-state index contributed by atoms with van der Waals surface area (Å²) in [4.78, 5) is 42.0. The Morgan fingerprint density at radius 3 is 2.22 bits per heavy atom. The molecule has 59 heavy (non-hydrogen) atoms. The number of aromatic nitrogens is 1. The number of nitrogens with one attached hydrogen (secondary N) is 3. The van der Waals surface area contributed by atoms with Gasteiger partial charge in [0.1, 0.15) is 23.3 Å². The third-order valence-corrected chi connectivity index (χ3v) is 10.1. The SMILES string of the molecule is COc1cc(Cc2cc(Oc3ccc(NC(=O)Nc4cc(C(C)(C)C)cc(NS(C)(=O)=O)c4OC)c4ccccc34)ccn2)ccc1C(=O)CCCCC[C@H](N)C(=O)O. The van der Waals surface area contributed by atoms with Crippen LogP contribution in [-0.4, -0.2) is 62.8 Å². The molecular weight excluding hydrogens is 775 g/mol. The number of ether oxygens (including phenoxy) is 3. The summed E-state index contributed by atoms with van der Waals surface area (Å²) in [6.45, 7) is 5.93. The van der Waals surface area contributed by atoms with E-state index < -0.39 is 28.1 Å². The summed E-state index contributed by atoms with van der Waals surface area (Å²) in [6.07, 6.45) is 5.78. The van der Waals surface area contributed by atoms with E-state index >= 15 is 0 Å². The molecule has 14 nitrogen and oxygen atoms in total. The van der Waals surface area contributed by atoms with Crippen molar-refractivity contribution in [1.82, 2.24) is 4.98 Å². The number of anilines is 3. The number of fused-ring (bicyclic) bond motifs is 1. The van der Waals surface area contributed by atoms with Crippen LogP contribution < -0.4 is 35.3 Å². The molecule has 2 amide bonds. The number of aliphatic carboxylic acids is 1. The third-order valence-electron chi connectivity index (χ3n) is 9.54. The van der Waals surface area contributed by atoms with E-state index in [0.717, 1.165) is 28.5 Å². The van der Waals surface area contributed by atoms with Crippen molar-refractivity contribution in [2.75, 3.05) is 35.8 Å². The Hall–Kier alpha value is -6.19. The quantitative estimate of drug-likeness (QED) is 0.0418. The lowest BCUT2D eigenvalue weighted by Gasteiger charge is -2.24. The van der Waals surface area contributed by atoms with Gasteiger partial charge in [-0.25, -0.2) is 13.2 Å². The number of ketones is 1. The number of benzene rings is 4. The second-order valence-corrected chi connectivity index (χ2v) is 17.0. The molecule has 5 aromatic rings. The molecular formula is C44H51N5O9S. The molecule has 6 N–H and O–H groups in total. The van der Waals surface area contributed by atoms with Gasteiger partial charge in [0.2, 0.25) is 10.0 Å². The Kier molecular flexibility index (Phi) is 14.2. The Balaban J connectivity index is 1.29. The van der Waals surface area contributed by atoms with Gasteiger partial charge in [0.25, 0.3) is 0 Å². The van der Waals surface area contributed by atoms with Crippen molar-refractivity contribution in [1.29, 1.82) is 0 Å². The first-order chi connectivity index (χ1) is 27.9. The number of carboxylic acid groups (broad SMARTS) is 1. The molecule has 0 unspecified atom stereocenters. The van der Waals surface area contributed by atoms with Gasteiger partial charge in [-0.3, -0.25) is 19.3 Å². The highest BCUT2D eigenvalue weighted by Crippen LogP contribution is 2.40. The minimum Gasteiger partial charge on any atom is -0.496 e. The molecule has 4 aromatic carbocycles. The zero-order valence-electron chi connectivity index (χ0n) is 34.0. The van der Waals surface area contributed by atoms with E-state index in [-0.39, 0.29) is 28.3 Å². The van der Waals surface area contributed by atoms with E-state index in [9.17, 15) is 22.8 Å². The number of carbonyl (C=O) groups excluding carboxylic acids is 2. The van der Waals surface area contributed by atoms with Crippen molar-refractivity contribution in [3.63, 3.8) is 0 Å². The average molecular weight is 826 g/mol. The zero-order chi connectivity index (χ0) is 42.9. The number of nitrogens with two attached hydrogens (primary N) is 1. The highest BCUT2D eigenvalue weighted by atomic mass is 32.2. The first kappa shape index (κ1) is 43.9. The summed E-state index contributed by atoms with van der Waals surface area (Å²) in [5.41, 5.74) is 9.06. The summed E-state index contributed by atoms with van der Waals surface area (Å²) in [7, 11) is -0.728. The minimum atomic E-state index is -3.65. The van der Waals surface area contributed by atoms with E-state index in [1.807, 2.05) is 63.2 Å². The predicted octanol–water partition coefficient (Wildman–Crippen LogP) is 8.49. The van der Waals surface area contributed by atoms with Crippen LogP contribution in [0.2, 0.25) is 0 Å². The van der Waals surface area contributed by atoms with Crippen molar-refractivity contribution in [3.05, 3.63) is 107 Å². The molecule has 1 aromatic heterocycles. The number of rotatable bonds is 18. The molecule has 0 spiro atoms. The maximum Gasteiger partial charge on any atom is 0.323 e. The summed E-state index contributed by atoms with van der Waals surface area (Å²) in [6, 6.07) is 22.0. The van der Waals surface area contributed by atoms with Gasteiger partial charge in [0, 0.05) is 41.6 Å². The number of sulfonamides is 1. The predicted molar refractivity (Wildman–Crippen MR) is 230 cm³/mol. The summed E-state index contributed by atoms with van der Waals surface area (Å²) >= 11 is 0. The molecule has 312 valence electrons. The molecule has 0 aliphatic heterocycles. The molecule has 0 aliphatic rings. The summed E-state index contributed by atoms with van der Waals surface area (Å²) in [5, 5.41) is 16.2. The number of nitrogens with zero attached hydrogens (tertiary/aromatic N) is 1. The number of methoxy groups -OCH3 is 2. The molecule has 0 bridgehead atoms. The van der Waals surface area contributed by atoms with Crippen LogP contribution in [0.5, 0.6) is 23.0 Å². The first-order valence-electron chi connectivity index (χ1n) is 19.1. The van der Waals surface area contributed by atoms with Gasteiger partial charge in [0.15, 0.2) is 11.5 Å². The first-order valence-corrected chi connectivity index (χ1v) is 21.0. The van der Waals surface area contributed by atoms with Gasteiger partial charge in [0.05, 0.1) is 43.1 Å². The number of hydrogen-bond donors (Lipinski definition) is 5. The van der Waals surface area contributed by atoms with Crippen LogP contribution in [0.3, 0.4) is 0 Å². The lowest BCUT2D eigenvalue weighted by molar-refractivity contribution is -0.138. The van der Waals surface area contributed by atoms with Crippen LogP contribution in [0.25, 0.3) is 10.8 Å². The Bertz CT molecular complexity index is 2450. The maximum atomic E-state index is 13.5. The maximum absolute atomic E-state index is 13.5. The largest absolute Gasteiger partial charge is 0.496 e. The second kappa shape index (κ2) is 19.0. The van der Waals surface area contributed by atoms with Gasteiger partial charge in [-0.05, 0) is 71.8 Å². The van der Waals surface area contributed by atoms with Crippen molar-refractivity contribution in [2.24, 2.45) is 5.73 Å². The van der Waals surface area contributed by atoms with Crippen molar-refractivity contribution in [2.45, 2.75) is 70.8 Å². The highest BCUT2D eigenvalue weighted by Gasteiger charge is 2.23. The van der Waals surface area contributed by atoms with Crippen LogP contribution >= 0.6 is 0 Å². The third kappa shape index (κ3) is 11.9. The van der Waals surface area contributed by atoms with E-state index in [2.05, 4.69) is 20.3 Å². The normalized spacial score (nSPS) is 12.1. The smallest absolute Gasteiger partial charge is 0.323 e. The monoisotopic (exact) mass is 825 g/mol. The fourth-order valence-corrected chi connectivity index (χ4v) is 7.06. The lowest BCUT2D eigenvalue weighted by Crippen LogP contribution is -2.29. The number of carbonyl (C=O) groups is 3. The van der Waals surface area contributed by atoms with Crippen molar-refractivity contribution < 1.29 is 42.1 Å². The number of amides is 2. The fourth-order valence-electron chi connectivity index (χ4n) is 6.51. The fraction of sp³-hybridized carbons (Fsp3) is 0.318. The van der Waals surface area contributed by atoms with Gasteiger partial charge < -0.3 is 35.7 Å². The number of Topliss-reactive ketones (excluding diaryl/α,β-unsaturated/α-hetero) is 1. The molecule has 0 saturated carbocycles. The molecule has 0 saturated heterocycles. The molecule has 1 atom stereocenters. The highest BCUT2D eigenvalue weighted by molar-refractivity contribution is 7.92. The molecule has 0 radical (unpaired) electrons. The second-order valence-electron chi connectivity index (χ2n) is 15.2. The Labute approximate surface area is 344 Å². The van der Waals surface area contributed by atoms with Crippen LogP contribution in [-0.2, 0) is 26.7 Å². The summed E-state index contributed by atoms with van der Waals surface area (Å²) < 4.78 is 44.3. The van der Waals surface area contributed by atoms with E-state index in [0.29, 0.717) is 72.4 Å². The number of urea groups is 1. The van der Waals surface area contributed by atoms with E-state index in [4.69, 9.17) is 25.1 Å². The van der Waals surface area contributed by atoms with Crippen molar-refractivity contribution >= 4 is 55.6 Å². The number of carboxylic acids is 1. The van der Waals surface area contributed by atoms with Crippen molar-refractivity contribution in [3.8, 4) is 23.0 Å². The van der Waals surface area contributed by atoms with Crippen LogP contribution in [0.15, 0.2) is 85.1 Å². The van der Waals surface area contributed by atoms with Gasteiger partial charge in [-0.15, -0.1) is 0 Å². The standard InChI is InChI=1S/C44H51N5O9S/c1-44(2,3)28-24-36(41(57-5)37(25-28)49-59(6,54)55)48-43(53)47-35-18-19-39(32-13-11-10-12-31(32)35)58-30-20-21-46-29(26-30)22-27-16-17-33(40(23-27)56-4)38(50)15-9-7-8-14-34(45)42(51)52/h10-13,16-21,23-26,34,49H,7-9,14-15,22,45H2,1-6H3,(H,51,52)(H2,47,48,53)/t34-/m0/s1. The van der Waals surface area contributed by atoms with Gasteiger partial charge in [-0.1, -0.05) is 63.9 Å². The molecule has 0 fully saturated rings. The average Bonchev–Trinajstić information content (AvgIpc) is 3.17. The summed E-state index contributed by atoms with van der Waals surface area (Å²) in [5.74, 6) is 0.649. The molecule has 5 rings (SSSR count). The van der Waals surface area contributed by atoms with E-state index in [1.54, 1.807) is 42.6 Å². The molecule has 0 aliphatic carbocycles. The minimum absolute atomic E-state index is 0.0530. The van der Waals surface area contributed by atoms with Crippen LogP contribution in [0.4, 0.5) is 21.9 Å². The van der Waals surface area contributed by atoms with Gasteiger partial charge in [-0.2, -0.15) is 0 Å². The van der Waals surface area contributed by atoms with Crippen LogP contribution in [0, 0.1) is 0 Å². The van der Waals surface area contributed by atoms with Gasteiger partial charge >= 0.3 is 12.0 Å². The number of unbranched alkanes of at least 4 members (excludes halogenated alkanes) is 2. The topological polar surface area (TPSA) is 208 Å². The zero-order valence-corrected chi connectivity index (χ0v) is 34.9. The Morgan fingerprint density at radius 2 is 1.54 bits per heavy atom. The van der Waals surface area contributed by atoms with Crippen LogP contribution in [0.1, 0.15) is 80.1 Å². The molecule has 15 heteroatoms. The Morgan fingerprint density at radius 1 is 0.831 bits per heavy atom. The number of hydrogen-bond acceptors (Lipinski definition) is 10. The van der Waals surface area contributed by atoms with E-state index in [1.165, 1.54) is 14.2 Å².